The van der Waals surface area contributed by atoms with Crippen molar-refractivity contribution in [2.75, 3.05) is 0 Å². The molecule has 0 saturated carbocycles. The fraction of sp³-hybridized carbons (Fsp3) is 0.333. The lowest BCUT2D eigenvalue weighted by Gasteiger charge is -1.99. The molecule has 0 fully saturated rings. The zero-order valence-electron chi connectivity index (χ0n) is 9.06. The number of benzene rings is 1. The van der Waals surface area contributed by atoms with Crippen molar-refractivity contribution < 1.29 is 9.85 Å². The Morgan fingerprint density at radius 2 is 1.62 bits per heavy atom. The summed E-state index contributed by atoms with van der Waals surface area (Å²) in [7, 11) is 0. The van der Waals surface area contributed by atoms with Crippen molar-refractivity contribution in [3.63, 3.8) is 0 Å². The second kappa shape index (κ2) is 6.02. The molecule has 0 aliphatic carbocycles. The maximum absolute atomic E-state index is 10.5. The second-order valence-electron chi connectivity index (χ2n) is 2.59. The van der Waals surface area contributed by atoms with Crippen LogP contribution >= 0.6 is 11.6 Å². The minimum atomic E-state index is -0.724. The van der Waals surface area contributed by atoms with Crippen LogP contribution in [0.4, 0.5) is 11.4 Å². The van der Waals surface area contributed by atoms with E-state index in [1.165, 1.54) is 6.92 Å². The Bertz CT molecular complexity index is 420. The Kier molecular flexibility index (Phi) is 5.38. The van der Waals surface area contributed by atoms with Crippen LogP contribution in [0.1, 0.15) is 19.4 Å². The van der Waals surface area contributed by atoms with Gasteiger partial charge in [-0.2, -0.15) is 0 Å². The first-order valence-corrected chi connectivity index (χ1v) is 4.90. The molecular formula is C9H11ClN2O4. The van der Waals surface area contributed by atoms with Gasteiger partial charge in [-0.1, -0.05) is 25.4 Å². The van der Waals surface area contributed by atoms with E-state index in [0.29, 0.717) is 0 Å². The van der Waals surface area contributed by atoms with Crippen LogP contribution in [0, 0.1) is 27.2 Å². The van der Waals surface area contributed by atoms with E-state index in [1.54, 1.807) is 0 Å². The maximum Gasteiger partial charge on any atom is 0.280 e. The van der Waals surface area contributed by atoms with Gasteiger partial charge in [0.15, 0.2) is 0 Å². The van der Waals surface area contributed by atoms with Gasteiger partial charge in [0.1, 0.15) is 0 Å². The molecule has 0 heterocycles. The van der Waals surface area contributed by atoms with Crippen molar-refractivity contribution in [2.24, 2.45) is 0 Å². The van der Waals surface area contributed by atoms with E-state index in [4.69, 9.17) is 11.6 Å². The molecule has 1 rings (SSSR count). The van der Waals surface area contributed by atoms with E-state index in [2.05, 4.69) is 0 Å². The first-order valence-electron chi connectivity index (χ1n) is 4.52. The van der Waals surface area contributed by atoms with Gasteiger partial charge in [-0.15, -0.1) is 0 Å². The molecule has 0 amide bonds. The fourth-order valence-corrected chi connectivity index (χ4v) is 1.15. The summed E-state index contributed by atoms with van der Waals surface area (Å²) in [6.45, 7) is 5.43. The highest BCUT2D eigenvalue weighted by Crippen LogP contribution is 2.30. The highest BCUT2D eigenvalue weighted by Gasteiger charge is 2.20. The van der Waals surface area contributed by atoms with Crippen LogP contribution in [0.25, 0.3) is 0 Å². The van der Waals surface area contributed by atoms with Crippen LogP contribution in [-0.2, 0) is 0 Å². The third-order valence-corrected chi connectivity index (χ3v) is 2.10. The van der Waals surface area contributed by atoms with Crippen molar-refractivity contribution in [2.45, 2.75) is 20.8 Å². The molecule has 0 radical (unpaired) electrons. The van der Waals surface area contributed by atoms with Gasteiger partial charge in [0.05, 0.1) is 20.9 Å². The summed E-state index contributed by atoms with van der Waals surface area (Å²) in [4.78, 5) is 19.4. The fourth-order valence-electron chi connectivity index (χ4n) is 0.945. The van der Waals surface area contributed by atoms with Gasteiger partial charge in [-0.25, -0.2) is 0 Å². The predicted octanol–water partition coefficient (Wildman–Crippen LogP) is 3.49. The number of nitrogens with zero attached hydrogens (tertiary/aromatic N) is 2. The van der Waals surface area contributed by atoms with Crippen molar-refractivity contribution in [1.82, 2.24) is 0 Å². The predicted molar refractivity (Wildman–Crippen MR) is 60.8 cm³/mol. The van der Waals surface area contributed by atoms with Crippen molar-refractivity contribution in [3.8, 4) is 0 Å². The number of rotatable bonds is 2. The Balaban J connectivity index is 0.00000106. The summed E-state index contributed by atoms with van der Waals surface area (Å²) in [5.41, 5.74) is -0.501. The second-order valence-corrected chi connectivity index (χ2v) is 2.99. The van der Waals surface area contributed by atoms with Crippen molar-refractivity contribution in [3.05, 3.63) is 42.9 Å². The zero-order valence-corrected chi connectivity index (χ0v) is 9.82. The molecular weight excluding hydrogens is 236 g/mol. The van der Waals surface area contributed by atoms with Crippen LogP contribution in [0.5, 0.6) is 0 Å². The molecule has 0 unspecified atom stereocenters. The summed E-state index contributed by atoms with van der Waals surface area (Å²) in [5.74, 6) is 0. The van der Waals surface area contributed by atoms with Gasteiger partial charge in [-0.3, -0.25) is 20.2 Å². The lowest BCUT2D eigenvalue weighted by Crippen LogP contribution is -1.95. The van der Waals surface area contributed by atoms with Gasteiger partial charge < -0.3 is 0 Å². The molecule has 0 saturated heterocycles. The molecule has 0 aliphatic rings. The monoisotopic (exact) mass is 246 g/mol. The topological polar surface area (TPSA) is 86.3 Å². The van der Waals surface area contributed by atoms with Crippen LogP contribution < -0.4 is 0 Å². The number of nitro benzene ring substituents is 2. The summed E-state index contributed by atoms with van der Waals surface area (Å²) in [5, 5.41) is 20.9. The van der Waals surface area contributed by atoms with Gasteiger partial charge in [-0.05, 0) is 6.92 Å². The van der Waals surface area contributed by atoms with Crippen LogP contribution in [-0.4, -0.2) is 9.85 Å². The molecule has 0 aliphatic heterocycles. The number of nitro groups is 2. The molecule has 16 heavy (non-hydrogen) atoms. The average Bonchev–Trinajstić information content (AvgIpc) is 2.24. The van der Waals surface area contributed by atoms with Gasteiger partial charge in [0, 0.05) is 11.6 Å². The van der Waals surface area contributed by atoms with Gasteiger partial charge in [0.25, 0.3) is 11.4 Å². The molecule has 7 heteroatoms. The Morgan fingerprint density at radius 1 is 1.12 bits per heavy atom. The van der Waals surface area contributed by atoms with E-state index in [-0.39, 0.29) is 22.0 Å². The van der Waals surface area contributed by atoms with Crippen LogP contribution in [0.15, 0.2) is 12.1 Å². The van der Waals surface area contributed by atoms with Crippen LogP contribution in [0.2, 0.25) is 5.02 Å². The summed E-state index contributed by atoms with van der Waals surface area (Å²) in [6.07, 6.45) is 0. The molecule has 0 atom stereocenters. The highest BCUT2D eigenvalue weighted by atomic mass is 35.5. The lowest BCUT2D eigenvalue weighted by atomic mass is 10.2. The molecule has 0 spiro atoms. The summed E-state index contributed by atoms with van der Waals surface area (Å²) >= 11 is 5.60. The molecule has 1 aromatic rings. The van der Waals surface area contributed by atoms with E-state index >= 15 is 0 Å². The number of hydrogen-bond donors (Lipinski definition) is 0. The van der Waals surface area contributed by atoms with E-state index in [9.17, 15) is 20.2 Å². The Hall–Kier alpha value is -1.69. The quantitative estimate of drug-likeness (QED) is 0.590. The third kappa shape index (κ3) is 3.16. The van der Waals surface area contributed by atoms with Gasteiger partial charge in [0.2, 0.25) is 0 Å². The number of halogens is 1. The highest BCUT2D eigenvalue weighted by molar-refractivity contribution is 6.31. The van der Waals surface area contributed by atoms with Crippen molar-refractivity contribution in [1.29, 1.82) is 0 Å². The first kappa shape index (κ1) is 14.3. The Morgan fingerprint density at radius 3 is 2.00 bits per heavy atom. The van der Waals surface area contributed by atoms with Crippen molar-refractivity contribution >= 4 is 23.0 Å². The molecule has 1 aromatic carbocycles. The minimum absolute atomic E-state index is 0.0194. The van der Waals surface area contributed by atoms with E-state index in [0.717, 1.165) is 12.1 Å². The largest absolute Gasteiger partial charge is 0.280 e. The molecule has 6 nitrogen and oxygen atoms in total. The van der Waals surface area contributed by atoms with Crippen LogP contribution in [0.3, 0.4) is 0 Å². The van der Waals surface area contributed by atoms with Gasteiger partial charge >= 0.3 is 0 Å². The maximum atomic E-state index is 10.5. The smallest absolute Gasteiger partial charge is 0.258 e. The lowest BCUT2D eigenvalue weighted by molar-refractivity contribution is -0.394. The standard InChI is InChI=1S/C7H5ClN2O4.C2H6/c1-4-6(8)2-5(9(11)12)3-7(4)10(13)14;1-2/h2-3H,1H3;1-2H3. The summed E-state index contributed by atoms with van der Waals surface area (Å²) < 4.78 is 0. The number of non-ortho nitro benzene ring substituents is 1. The Labute approximate surface area is 97.1 Å². The third-order valence-electron chi connectivity index (χ3n) is 1.71. The molecule has 0 bridgehead atoms. The van der Waals surface area contributed by atoms with E-state index < -0.39 is 9.85 Å². The van der Waals surface area contributed by atoms with E-state index in [1.807, 2.05) is 13.8 Å². The SMILES string of the molecule is CC.Cc1c(Cl)cc([N+](=O)[O-])cc1[N+](=O)[O-]. The minimum Gasteiger partial charge on any atom is -0.258 e. The first-order chi connectivity index (χ1) is 7.43. The molecule has 0 N–H and O–H groups in total. The number of hydrogen-bond acceptors (Lipinski definition) is 4. The summed E-state index contributed by atoms with van der Waals surface area (Å²) in [6, 6.07) is 1.98. The normalized spacial score (nSPS) is 9.00. The average molecular weight is 247 g/mol. The molecule has 0 aromatic heterocycles. The molecule has 88 valence electrons. The zero-order chi connectivity index (χ0) is 12.9.